The number of hydrogen-bond donors (Lipinski definition) is 1. The summed E-state index contributed by atoms with van der Waals surface area (Å²) in [5, 5.41) is 2.62. The van der Waals surface area contributed by atoms with E-state index < -0.39 is 11.9 Å². The van der Waals surface area contributed by atoms with Crippen LogP contribution in [0.1, 0.15) is 17.3 Å². The van der Waals surface area contributed by atoms with E-state index in [1.165, 1.54) is 0 Å². The Labute approximate surface area is 158 Å². The molecule has 1 N–H and O–H groups in total. The first kappa shape index (κ1) is 20.1. The van der Waals surface area contributed by atoms with Crippen LogP contribution >= 0.6 is 0 Å². The minimum absolute atomic E-state index is 0.257. The summed E-state index contributed by atoms with van der Waals surface area (Å²) >= 11 is 0. The molecule has 0 heterocycles. The summed E-state index contributed by atoms with van der Waals surface area (Å²) in [7, 11) is 1.56. The Bertz CT molecular complexity index is 762. The van der Waals surface area contributed by atoms with Gasteiger partial charge in [-0.1, -0.05) is 24.3 Å². The second-order valence-electron chi connectivity index (χ2n) is 5.35. The van der Waals surface area contributed by atoms with E-state index in [0.717, 1.165) is 0 Å². The number of para-hydroxylation sites is 3. The van der Waals surface area contributed by atoms with Crippen LogP contribution in [0.2, 0.25) is 0 Å². The van der Waals surface area contributed by atoms with E-state index in [4.69, 9.17) is 18.9 Å². The van der Waals surface area contributed by atoms with Gasteiger partial charge in [-0.3, -0.25) is 4.79 Å². The maximum absolute atomic E-state index is 12.1. The lowest BCUT2D eigenvalue weighted by molar-refractivity contribution is -0.124. The lowest BCUT2D eigenvalue weighted by Crippen LogP contribution is -2.32. The highest BCUT2D eigenvalue weighted by molar-refractivity contribution is 5.93. The average molecular weight is 373 g/mol. The highest BCUT2D eigenvalue weighted by Gasteiger charge is 2.15. The molecule has 0 bridgehead atoms. The van der Waals surface area contributed by atoms with Crippen LogP contribution < -0.4 is 19.5 Å². The second kappa shape index (κ2) is 10.7. The highest BCUT2D eigenvalue weighted by Crippen LogP contribution is 2.25. The van der Waals surface area contributed by atoms with Gasteiger partial charge in [0.15, 0.2) is 18.1 Å². The summed E-state index contributed by atoms with van der Waals surface area (Å²) in [5.74, 6) is 0.606. The number of rotatable bonds is 10. The van der Waals surface area contributed by atoms with Gasteiger partial charge in [0, 0.05) is 0 Å². The Kier molecular flexibility index (Phi) is 7.96. The standard InChI is InChI=1S/C20H23NO6/c1-3-25-16-9-5-4-8-15(16)20(23)27-14-19(22)21-12-13-26-18-11-7-6-10-17(18)24-2/h4-11H,3,12-14H2,1-2H3,(H,21,22). The molecule has 0 unspecified atom stereocenters. The van der Waals surface area contributed by atoms with Crippen molar-refractivity contribution >= 4 is 11.9 Å². The van der Waals surface area contributed by atoms with Crippen molar-refractivity contribution in [3.63, 3.8) is 0 Å². The van der Waals surface area contributed by atoms with E-state index in [9.17, 15) is 9.59 Å². The molecule has 7 heteroatoms. The quantitative estimate of drug-likeness (QED) is 0.509. The molecule has 144 valence electrons. The van der Waals surface area contributed by atoms with Crippen LogP contribution in [0.15, 0.2) is 48.5 Å². The fourth-order valence-corrected chi connectivity index (χ4v) is 2.27. The summed E-state index contributed by atoms with van der Waals surface area (Å²) < 4.78 is 21.1. The molecule has 1 amide bonds. The zero-order chi connectivity index (χ0) is 19.5. The summed E-state index contributed by atoms with van der Waals surface area (Å²) in [4.78, 5) is 23.9. The molecule has 0 fully saturated rings. The third-order valence-corrected chi connectivity index (χ3v) is 3.49. The molecule has 0 spiro atoms. The minimum Gasteiger partial charge on any atom is -0.493 e. The predicted molar refractivity (Wildman–Crippen MR) is 99.4 cm³/mol. The van der Waals surface area contributed by atoms with E-state index in [1.54, 1.807) is 43.5 Å². The fourth-order valence-electron chi connectivity index (χ4n) is 2.27. The molecule has 0 saturated carbocycles. The normalized spacial score (nSPS) is 10.0. The summed E-state index contributed by atoms with van der Waals surface area (Å²) in [6.45, 7) is 2.39. The molecular weight excluding hydrogens is 350 g/mol. The van der Waals surface area contributed by atoms with Crippen molar-refractivity contribution in [2.75, 3.05) is 33.5 Å². The monoisotopic (exact) mass is 373 g/mol. The zero-order valence-corrected chi connectivity index (χ0v) is 15.4. The zero-order valence-electron chi connectivity index (χ0n) is 15.4. The van der Waals surface area contributed by atoms with Crippen molar-refractivity contribution in [1.82, 2.24) is 5.32 Å². The SMILES string of the molecule is CCOc1ccccc1C(=O)OCC(=O)NCCOc1ccccc1OC. The minimum atomic E-state index is -0.612. The van der Waals surface area contributed by atoms with E-state index in [-0.39, 0.29) is 25.3 Å². The van der Waals surface area contributed by atoms with Crippen LogP contribution in [0.5, 0.6) is 17.2 Å². The number of benzene rings is 2. The smallest absolute Gasteiger partial charge is 0.342 e. The van der Waals surface area contributed by atoms with Crippen LogP contribution in [0, 0.1) is 0 Å². The predicted octanol–water partition coefficient (Wildman–Crippen LogP) is 2.45. The van der Waals surface area contributed by atoms with Gasteiger partial charge < -0.3 is 24.3 Å². The Morgan fingerprint density at radius 2 is 1.59 bits per heavy atom. The van der Waals surface area contributed by atoms with Crippen LogP contribution in [0.4, 0.5) is 0 Å². The Hall–Kier alpha value is -3.22. The molecular formula is C20H23NO6. The molecule has 0 aromatic heterocycles. The summed E-state index contributed by atoms with van der Waals surface area (Å²) in [6, 6.07) is 14.0. The highest BCUT2D eigenvalue weighted by atomic mass is 16.5. The Balaban J connectivity index is 1.72. The third kappa shape index (κ3) is 6.22. The average Bonchev–Trinajstić information content (AvgIpc) is 2.70. The topological polar surface area (TPSA) is 83.1 Å². The molecule has 2 rings (SSSR count). The molecule has 27 heavy (non-hydrogen) atoms. The van der Waals surface area contributed by atoms with E-state index >= 15 is 0 Å². The van der Waals surface area contributed by atoms with Crippen molar-refractivity contribution in [2.24, 2.45) is 0 Å². The second-order valence-corrected chi connectivity index (χ2v) is 5.35. The number of carbonyl (C=O) groups is 2. The van der Waals surface area contributed by atoms with Crippen LogP contribution in [-0.4, -0.2) is 45.4 Å². The lowest BCUT2D eigenvalue weighted by atomic mass is 10.2. The van der Waals surface area contributed by atoms with Crippen LogP contribution in [0.3, 0.4) is 0 Å². The van der Waals surface area contributed by atoms with Crippen molar-refractivity contribution in [3.8, 4) is 17.2 Å². The van der Waals surface area contributed by atoms with Crippen molar-refractivity contribution < 1.29 is 28.5 Å². The first-order valence-corrected chi connectivity index (χ1v) is 8.57. The van der Waals surface area contributed by atoms with Gasteiger partial charge in [-0.25, -0.2) is 4.79 Å². The molecule has 0 saturated heterocycles. The first-order chi connectivity index (χ1) is 13.2. The summed E-state index contributed by atoms with van der Waals surface area (Å²) in [6.07, 6.45) is 0. The van der Waals surface area contributed by atoms with Gasteiger partial charge in [-0.15, -0.1) is 0 Å². The van der Waals surface area contributed by atoms with Crippen molar-refractivity contribution in [3.05, 3.63) is 54.1 Å². The largest absolute Gasteiger partial charge is 0.493 e. The van der Waals surface area contributed by atoms with Crippen molar-refractivity contribution in [1.29, 1.82) is 0 Å². The number of esters is 1. The molecule has 0 aliphatic heterocycles. The van der Waals surface area contributed by atoms with Gasteiger partial charge >= 0.3 is 5.97 Å². The fraction of sp³-hybridized carbons (Fsp3) is 0.300. The maximum atomic E-state index is 12.1. The summed E-state index contributed by atoms with van der Waals surface area (Å²) in [5.41, 5.74) is 0.284. The Morgan fingerprint density at radius 1 is 0.926 bits per heavy atom. The number of nitrogens with one attached hydrogen (secondary N) is 1. The molecule has 2 aromatic rings. The number of hydrogen-bond acceptors (Lipinski definition) is 6. The van der Waals surface area contributed by atoms with Gasteiger partial charge in [0.1, 0.15) is 17.9 Å². The Morgan fingerprint density at radius 3 is 2.30 bits per heavy atom. The van der Waals surface area contributed by atoms with Crippen LogP contribution in [0.25, 0.3) is 0 Å². The van der Waals surface area contributed by atoms with E-state index in [2.05, 4.69) is 5.32 Å². The van der Waals surface area contributed by atoms with E-state index in [1.807, 2.05) is 19.1 Å². The third-order valence-electron chi connectivity index (χ3n) is 3.49. The van der Waals surface area contributed by atoms with Gasteiger partial charge in [0.2, 0.25) is 0 Å². The van der Waals surface area contributed by atoms with E-state index in [0.29, 0.717) is 23.9 Å². The number of amides is 1. The van der Waals surface area contributed by atoms with Crippen molar-refractivity contribution in [2.45, 2.75) is 6.92 Å². The molecule has 0 atom stereocenters. The van der Waals surface area contributed by atoms with Gasteiger partial charge in [-0.05, 0) is 31.2 Å². The first-order valence-electron chi connectivity index (χ1n) is 8.57. The maximum Gasteiger partial charge on any atom is 0.342 e. The van der Waals surface area contributed by atoms with Gasteiger partial charge in [0.25, 0.3) is 5.91 Å². The number of methoxy groups -OCH3 is 1. The molecule has 2 aromatic carbocycles. The molecule has 0 aliphatic carbocycles. The lowest BCUT2D eigenvalue weighted by Gasteiger charge is -2.11. The number of carbonyl (C=O) groups excluding carboxylic acids is 2. The molecule has 0 radical (unpaired) electrons. The molecule has 0 aliphatic rings. The molecule has 7 nitrogen and oxygen atoms in total. The van der Waals surface area contributed by atoms with Gasteiger partial charge in [0.05, 0.1) is 20.3 Å². The van der Waals surface area contributed by atoms with Crippen LogP contribution in [-0.2, 0) is 9.53 Å². The van der Waals surface area contributed by atoms with Gasteiger partial charge in [-0.2, -0.15) is 0 Å². The number of ether oxygens (including phenoxy) is 4.